The standard InChI is InChI=1S/C12H17BrN2OS/c1-2-15-10(12(14)16)7-8-17-11-6-4-3-5-9(11)13/h3-6,10,15H,2,7-8H2,1H3,(H2,14,16). The lowest BCUT2D eigenvalue weighted by Gasteiger charge is -2.13. The van der Waals surface area contributed by atoms with Gasteiger partial charge in [0, 0.05) is 15.1 Å². The molecule has 0 saturated heterocycles. The van der Waals surface area contributed by atoms with Gasteiger partial charge in [0.25, 0.3) is 0 Å². The third kappa shape index (κ3) is 5.10. The van der Waals surface area contributed by atoms with Crippen LogP contribution >= 0.6 is 27.7 Å². The van der Waals surface area contributed by atoms with Crippen LogP contribution in [0.2, 0.25) is 0 Å². The number of nitrogens with two attached hydrogens (primary N) is 1. The molecule has 3 N–H and O–H groups in total. The third-order valence-electron chi connectivity index (χ3n) is 2.29. The second kappa shape index (κ2) is 7.74. The molecular formula is C12H17BrN2OS. The number of amides is 1. The topological polar surface area (TPSA) is 55.1 Å². The lowest BCUT2D eigenvalue weighted by Crippen LogP contribution is -2.41. The molecule has 0 spiro atoms. The summed E-state index contributed by atoms with van der Waals surface area (Å²) in [5, 5.41) is 3.08. The Bertz CT molecular complexity index is 373. The van der Waals surface area contributed by atoms with E-state index in [1.807, 2.05) is 25.1 Å². The van der Waals surface area contributed by atoms with Gasteiger partial charge in [0.05, 0.1) is 6.04 Å². The summed E-state index contributed by atoms with van der Waals surface area (Å²) in [5.41, 5.74) is 5.31. The quantitative estimate of drug-likeness (QED) is 0.759. The SMILES string of the molecule is CCNC(CCSc1ccccc1Br)C(N)=O. The molecule has 0 bridgehead atoms. The zero-order valence-electron chi connectivity index (χ0n) is 9.78. The molecule has 1 atom stereocenters. The predicted octanol–water partition coefficient (Wildman–Crippen LogP) is 2.39. The zero-order chi connectivity index (χ0) is 12.7. The van der Waals surface area contributed by atoms with Crippen LogP contribution < -0.4 is 11.1 Å². The van der Waals surface area contributed by atoms with Gasteiger partial charge in [0.15, 0.2) is 0 Å². The molecular weight excluding hydrogens is 300 g/mol. The summed E-state index contributed by atoms with van der Waals surface area (Å²) in [5.74, 6) is 0.586. The van der Waals surface area contributed by atoms with E-state index in [4.69, 9.17) is 5.73 Å². The van der Waals surface area contributed by atoms with Crippen molar-refractivity contribution in [2.75, 3.05) is 12.3 Å². The van der Waals surface area contributed by atoms with Gasteiger partial charge in [-0.2, -0.15) is 0 Å². The van der Waals surface area contributed by atoms with Crippen LogP contribution in [0, 0.1) is 0 Å². The first kappa shape index (κ1) is 14.5. The van der Waals surface area contributed by atoms with Gasteiger partial charge in [-0.15, -0.1) is 11.8 Å². The van der Waals surface area contributed by atoms with Crippen LogP contribution in [0.3, 0.4) is 0 Å². The summed E-state index contributed by atoms with van der Waals surface area (Å²) < 4.78 is 1.09. The van der Waals surface area contributed by atoms with E-state index in [-0.39, 0.29) is 11.9 Å². The van der Waals surface area contributed by atoms with E-state index in [2.05, 4.69) is 27.3 Å². The number of nitrogens with one attached hydrogen (secondary N) is 1. The van der Waals surface area contributed by atoms with E-state index >= 15 is 0 Å². The molecule has 0 aliphatic rings. The average Bonchev–Trinajstić information content (AvgIpc) is 2.30. The van der Waals surface area contributed by atoms with Crippen molar-refractivity contribution < 1.29 is 4.79 Å². The molecule has 1 unspecified atom stereocenters. The number of primary amides is 1. The first-order valence-corrected chi connectivity index (χ1v) is 7.33. The van der Waals surface area contributed by atoms with E-state index < -0.39 is 0 Å². The maximum atomic E-state index is 11.1. The minimum Gasteiger partial charge on any atom is -0.368 e. The molecule has 0 aromatic heterocycles. The minimum atomic E-state index is -0.278. The maximum Gasteiger partial charge on any atom is 0.234 e. The Balaban J connectivity index is 2.41. The minimum absolute atomic E-state index is 0.227. The average molecular weight is 317 g/mol. The fourth-order valence-electron chi connectivity index (χ4n) is 1.44. The first-order valence-electron chi connectivity index (χ1n) is 5.55. The summed E-state index contributed by atoms with van der Waals surface area (Å²) >= 11 is 5.22. The smallest absolute Gasteiger partial charge is 0.234 e. The second-order valence-corrected chi connectivity index (χ2v) is 5.57. The Morgan fingerprint density at radius 3 is 2.82 bits per heavy atom. The van der Waals surface area contributed by atoms with Gasteiger partial charge < -0.3 is 11.1 Å². The van der Waals surface area contributed by atoms with Crippen molar-refractivity contribution in [3.63, 3.8) is 0 Å². The van der Waals surface area contributed by atoms with Gasteiger partial charge in [0.1, 0.15) is 0 Å². The number of benzene rings is 1. The lowest BCUT2D eigenvalue weighted by atomic mass is 10.2. The van der Waals surface area contributed by atoms with Crippen LogP contribution in [0.1, 0.15) is 13.3 Å². The van der Waals surface area contributed by atoms with Crippen LogP contribution in [0.4, 0.5) is 0 Å². The summed E-state index contributed by atoms with van der Waals surface area (Å²) in [4.78, 5) is 12.3. The number of hydrogen-bond donors (Lipinski definition) is 2. The molecule has 1 aromatic rings. The zero-order valence-corrected chi connectivity index (χ0v) is 12.2. The van der Waals surface area contributed by atoms with Crippen molar-refractivity contribution in [2.24, 2.45) is 5.73 Å². The highest BCUT2D eigenvalue weighted by Gasteiger charge is 2.13. The lowest BCUT2D eigenvalue weighted by molar-refractivity contribution is -0.120. The van der Waals surface area contributed by atoms with E-state index in [0.717, 1.165) is 23.2 Å². The fraction of sp³-hybridized carbons (Fsp3) is 0.417. The van der Waals surface area contributed by atoms with Crippen LogP contribution in [-0.2, 0) is 4.79 Å². The Morgan fingerprint density at radius 1 is 1.53 bits per heavy atom. The second-order valence-electron chi connectivity index (χ2n) is 3.58. The fourth-order valence-corrected chi connectivity index (χ4v) is 3.02. The summed E-state index contributed by atoms with van der Waals surface area (Å²) in [6.07, 6.45) is 0.745. The number of halogens is 1. The normalized spacial score (nSPS) is 12.4. The van der Waals surface area contributed by atoms with Gasteiger partial charge in [-0.25, -0.2) is 0 Å². The Morgan fingerprint density at radius 2 is 2.24 bits per heavy atom. The van der Waals surface area contributed by atoms with Crippen molar-refractivity contribution in [1.29, 1.82) is 0 Å². The monoisotopic (exact) mass is 316 g/mol. The molecule has 0 heterocycles. The summed E-state index contributed by atoms with van der Waals surface area (Å²) in [6.45, 7) is 2.73. The van der Waals surface area contributed by atoms with E-state index in [0.29, 0.717) is 0 Å². The van der Waals surface area contributed by atoms with E-state index in [1.165, 1.54) is 4.90 Å². The molecule has 1 rings (SSSR count). The molecule has 0 saturated carbocycles. The molecule has 0 radical (unpaired) electrons. The highest BCUT2D eigenvalue weighted by atomic mass is 79.9. The van der Waals surface area contributed by atoms with Gasteiger partial charge in [-0.05, 0) is 41.0 Å². The van der Waals surface area contributed by atoms with Crippen LogP contribution in [0.5, 0.6) is 0 Å². The molecule has 94 valence electrons. The van der Waals surface area contributed by atoms with Crippen molar-refractivity contribution >= 4 is 33.6 Å². The molecule has 1 aromatic carbocycles. The number of rotatable bonds is 7. The van der Waals surface area contributed by atoms with Crippen molar-refractivity contribution in [3.8, 4) is 0 Å². The molecule has 0 aliphatic carbocycles. The van der Waals surface area contributed by atoms with Gasteiger partial charge in [-0.1, -0.05) is 19.1 Å². The molecule has 1 amide bonds. The van der Waals surface area contributed by atoms with Crippen LogP contribution in [0.15, 0.2) is 33.6 Å². The number of carbonyl (C=O) groups excluding carboxylic acids is 1. The van der Waals surface area contributed by atoms with Gasteiger partial charge in [0.2, 0.25) is 5.91 Å². The third-order valence-corrected chi connectivity index (χ3v) is 4.36. The Labute approximate surface area is 115 Å². The summed E-state index contributed by atoms with van der Waals surface area (Å²) in [6, 6.07) is 7.83. The largest absolute Gasteiger partial charge is 0.368 e. The van der Waals surface area contributed by atoms with Crippen molar-refractivity contribution in [3.05, 3.63) is 28.7 Å². The number of likely N-dealkylation sites (N-methyl/N-ethyl adjacent to an activating group) is 1. The molecule has 3 nitrogen and oxygen atoms in total. The molecule has 5 heteroatoms. The predicted molar refractivity (Wildman–Crippen MR) is 76.1 cm³/mol. The highest BCUT2D eigenvalue weighted by Crippen LogP contribution is 2.27. The molecule has 17 heavy (non-hydrogen) atoms. The Hall–Kier alpha value is -0.520. The first-order chi connectivity index (χ1) is 8.15. The number of carbonyl (C=O) groups is 1. The highest BCUT2D eigenvalue weighted by molar-refractivity contribution is 9.10. The number of thioether (sulfide) groups is 1. The number of hydrogen-bond acceptors (Lipinski definition) is 3. The van der Waals surface area contributed by atoms with E-state index in [1.54, 1.807) is 11.8 Å². The van der Waals surface area contributed by atoms with Crippen LogP contribution in [0.25, 0.3) is 0 Å². The Kier molecular flexibility index (Phi) is 6.62. The maximum absolute atomic E-state index is 11.1. The molecule has 0 aliphatic heterocycles. The van der Waals surface area contributed by atoms with Crippen LogP contribution in [-0.4, -0.2) is 24.2 Å². The van der Waals surface area contributed by atoms with Gasteiger partial charge >= 0.3 is 0 Å². The van der Waals surface area contributed by atoms with E-state index in [9.17, 15) is 4.79 Å². The summed E-state index contributed by atoms with van der Waals surface area (Å²) in [7, 11) is 0. The molecule has 0 fully saturated rings. The van der Waals surface area contributed by atoms with Crippen molar-refractivity contribution in [1.82, 2.24) is 5.32 Å². The van der Waals surface area contributed by atoms with Crippen molar-refractivity contribution in [2.45, 2.75) is 24.3 Å². The van der Waals surface area contributed by atoms with Gasteiger partial charge in [-0.3, -0.25) is 4.79 Å².